The third-order valence-electron chi connectivity index (χ3n) is 2.98. The highest BCUT2D eigenvalue weighted by Gasteiger charge is 2.08. The van der Waals surface area contributed by atoms with Gasteiger partial charge < -0.3 is 0 Å². The van der Waals surface area contributed by atoms with Crippen molar-refractivity contribution in [3.05, 3.63) is 11.6 Å². The van der Waals surface area contributed by atoms with Crippen molar-refractivity contribution in [1.82, 2.24) is 0 Å². The molecule has 0 nitrogen and oxygen atoms in total. The molecule has 0 N–H and O–H groups in total. The van der Waals surface area contributed by atoms with Gasteiger partial charge in [-0.15, -0.1) is 0 Å². The molecule has 0 saturated carbocycles. The maximum atomic E-state index is 2.41. The summed E-state index contributed by atoms with van der Waals surface area (Å²) in [6, 6.07) is 0. The van der Waals surface area contributed by atoms with Crippen LogP contribution in [0.25, 0.3) is 0 Å². The van der Waals surface area contributed by atoms with Crippen molar-refractivity contribution >= 4 is 0 Å². The van der Waals surface area contributed by atoms with Crippen molar-refractivity contribution in [2.24, 2.45) is 5.92 Å². The lowest BCUT2D eigenvalue weighted by Crippen LogP contribution is -2.02. The smallest absolute Gasteiger partial charge is 0.0206 e. The molecule has 0 amide bonds. The summed E-state index contributed by atoms with van der Waals surface area (Å²) in [6.45, 7) is 9.13. The average Bonchev–Trinajstić information content (AvgIpc) is 2.18. The fourth-order valence-electron chi connectivity index (χ4n) is 1.99. The minimum Gasteiger partial charge on any atom is -0.0856 e. The molecule has 0 unspecified atom stereocenters. The second kappa shape index (κ2) is 9.30. The summed E-state index contributed by atoms with van der Waals surface area (Å²) in [6.07, 6.45) is 11.9. The average molecular weight is 196 g/mol. The summed E-state index contributed by atoms with van der Waals surface area (Å²) in [5, 5.41) is 0. The molecule has 0 aliphatic heterocycles. The van der Waals surface area contributed by atoms with Gasteiger partial charge in [0.1, 0.15) is 0 Å². The molecule has 0 aromatic carbocycles. The number of rotatable bonds is 8. The Kier molecular flexibility index (Phi) is 9.13. The maximum absolute atomic E-state index is 2.41. The highest BCUT2D eigenvalue weighted by atomic mass is 14.1. The van der Waals surface area contributed by atoms with Crippen LogP contribution in [0.2, 0.25) is 0 Å². The molecule has 0 aromatic rings. The van der Waals surface area contributed by atoms with E-state index in [2.05, 4.69) is 33.8 Å². The van der Waals surface area contributed by atoms with Crippen LogP contribution in [-0.2, 0) is 0 Å². The predicted molar refractivity (Wildman–Crippen MR) is 66.6 cm³/mol. The van der Waals surface area contributed by atoms with Crippen LogP contribution < -0.4 is 0 Å². The quantitative estimate of drug-likeness (QED) is 0.460. The Hall–Kier alpha value is -0.260. The zero-order chi connectivity index (χ0) is 10.8. The summed E-state index contributed by atoms with van der Waals surface area (Å²) < 4.78 is 0. The first-order chi connectivity index (χ1) is 6.76. The summed E-state index contributed by atoms with van der Waals surface area (Å²) in [5.41, 5.74) is 1.63. The van der Waals surface area contributed by atoms with Gasteiger partial charge in [0, 0.05) is 0 Å². The lowest BCUT2D eigenvalue weighted by molar-refractivity contribution is 0.474. The Morgan fingerprint density at radius 1 is 1.00 bits per heavy atom. The number of allylic oxidation sites excluding steroid dienone is 2. The van der Waals surface area contributed by atoms with Crippen molar-refractivity contribution in [3.63, 3.8) is 0 Å². The monoisotopic (exact) mass is 196 g/mol. The SMILES string of the molecule is CCC=C(C)C(CCCC)CCCC. The van der Waals surface area contributed by atoms with Crippen molar-refractivity contribution in [2.45, 2.75) is 72.6 Å². The molecule has 0 aliphatic rings. The number of unbranched alkanes of at least 4 members (excludes halogenated alkanes) is 2. The third kappa shape index (κ3) is 6.23. The predicted octanol–water partition coefficient (Wildman–Crippen LogP) is 5.34. The lowest BCUT2D eigenvalue weighted by Gasteiger charge is -2.17. The standard InChI is InChI=1S/C14H28/c1-5-8-11-14(12-9-6-2)13(4)10-7-3/h10,14H,5-9,11-12H2,1-4H3. The molecular weight excluding hydrogens is 168 g/mol. The van der Waals surface area contributed by atoms with Gasteiger partial charge in [-0.05, 0) is 32.1 Å². The minimum atomic E-state index is 0.870. The second-order valence-corrected chi connectivity index (χ2v) is 4.34. The first-order valence-electron chi connectivity index (χ1n) is 6.42. The Balaban J connectivity index is 4.01. The Bertz CT molecular complexity index is 136. The summed E-state index contributed by atoms with van der Waals surface area (Å²) in [7, 11) is 0. The first kappa shape index (κ1) is 13.7. The second-order valence-electron chi connectivity index (χ2n) is 4.34. The van der Waals surface area contributed by atoms with Gasteiger partial charge in [0.15, 0.2) is 0 Å². The van der Waals surface area contributed by atoms with Crippen LogP contribution in [0.3, 0.4) is 0 Å². The molecular formula is C14H28. The zero-order valence-corrected chi connectivity index (χ0v) is 10.6. The number of hydrogen-bond acceptors (Lipinski definition) is 0. The van der Waals surface area contributed by atoms with Gasteiger partial charge >= 0.3 is 0 Å². The molecule has 0 heteroatoms. The molecule has 14 heavy (non-hydrogen) atoms. The lowest BCUT2D eigenvalue weighted by atomic mass is 9.89. The molecule has 84 valence electrons. The van der Waals surface area contributed by atoms with Crippen molar-refractivity contribution < 1.29 is 0 Å². The zero-order valence-electron chi connectivity index (χ0n) is 10.6. The van der Waals surface area contributed by atoms with Crippen molar-refractivity contribution in [3.8, 4) is 0 Å². The van der Waals surface area contributed by atoms with Crippen molar-refractivity contribution in [2.75, 3.05) is 0 Å². The van der Waals surface area contributed by atoms with Gasteiger partial charge in [0.2, 0.25) is 0 Å². The topological polar surface area (TPSA) is 0 Å². The Labute approximate surface area is 90.8 Å². The number of hydrogen-bond donors (Lipinski definition) is 0. The van der Waals surface area contributed by atoms with Crippen molar-refractivity contribution in [1.29, 1.82) is 0 Å². The molecule has 0 atom stereocenters. The molecule has 0 saturated heterocycles. The van der Waals surface area contributed by atoms with E-state index < -0.39 is 0 Å². The normalized spacial score (nSPS) is 12.5. The van der Waals surface area contributed by atoms with E-state index in [1.165, 1.54) is 44.9 Å². The fourth-order valence-corrected chi connectivity index (χ4v) is 1.99. The Morgan fingerprint density at radius 2 is 1.50 bits per heavy atom. The van der Waals surface area contributed by atoms with E-state index in [0.717, 1.165) is 5.92 Å². The summed E-state index contributed by atoms with van der Waals surface area (Å²) in [4.78, 5) is 0. The molecule has 0 aromatic heterocycles. The van der Waals surface area contributed by atoms with E-state index >= 15 is 0 Å². The van der Waals surface area contributed by atoms with Gasteiger partial charge in [0.05, 0.1) is 0 Å². The minimum absolute atomic E-state index is 0.870. The van der Waals surface area contributed by atoms with Gasteiger partial charge in [-0.25, -0.2) is 0 Å². The molecule has 0 spiro atoms. The molecule has 0 radical (unpaired) electrons. The third-order valence-corrected chi connectivity index (χ3v) is 2.98. The van der Waals surface area contributed by atoms with Crippen LogP contribution in [-0.4, -0.2) is 0 Å². The van der Waals surface area contributed by atoms with E-state index in [9.17, 15) is 0 Å². The molecule has 0 fully saturated rings. The largest absolute Gasteiger partial charge is 0.0856 e. The van der Waals surface area contributed by atoms with Gasteiger partial charge in [-0.1, -0.05) is 58.1 Å². The van der Waals surface area contributed by atoms with Gasteiger partial charge in [-0.2, -0.15) is 0 Å². The fraction of sp³-hybridized carbons (Fsp3) is 0.857. The molecule has 0 bridgehead atoms. The Morgan fingerprint density at radius 3 is 1.86 bits per heavy atom. The maximum Gasteiger partial charge on any atom is -0.0206 e. The van der Waals surface area contributed by atoms with E-state index in [1.807, 2.05) is 0 Å². The van der Waals surface area contributed by atoms with Crippen LogP contribution in [0, 0.1) is 5.92 Å². The van der Waals surface area contributed by atoms with E-state index in [-0.39, 0.29) is 0 Å². The van der Waals surface area contributed by atoms with Crippen LogP contribution in [0.15, 0.2) is 11.6 Å². The van der Waals surface area contributed by atoms with E-state index in [1.54, 1.807) is 5.57 Å². The van der Waals surface area contributed by atoms with Crippen LogP contribution in [0.1, 0.15) is 72.6 Å². The first-order valence-corrected chi connectivity index (χ1v) is 6.42. The summed E-state index contributed by atoms with van der Waals surface area (Å²) in [5.74, 6) is 0.870. The van der Waals surface area contributed by atoms with Crippen LogP contribution >= 0.6 is 0 Å². The van der Waals surface area contributed by atoms with Crippen LogP contribution in [0.4, 0.5) is 0 Å². The summed E-state index contributed by atoms with van der Waals surface area (Å²) >= 11 is 0. The van der Waals surface area contributed by atoms with Gasteiger partial charge in [-0.3, -0.25) is 0 Å². The molecule has 0 rings (SSSR count). The van der Waals surface area contributed by atoms with Gasteiger partial charge in [0.25, 0.3) is 0 Å². The highest BCUT2D eigenvalue weighted by Crippen LogP contribution is 2.24. The highest BCUT2D eigenvalue weighted by molar-refractivity contribution is 5.02. The molecule has 0 heterocycles. The van der Waals surface area contributed by atoms with E-state index in [0.29, 0.717) is 0 Å². The van der Waals surface area contributed by atoms with Crippen LogP contribution in [0.5, 0.6) is 0 Å². The van der Waals surface area contributed by atoms with E-state index in [4.69, 9.17) is 0 Å². The molecule has 0 aliphatic carbocycles.